The summed E-state index contributed by atoms with van der Waals surface area (Å²) in [5.41, 5.74) is 3.82. The Hall–Kier alpha value is -1.52. The molecule has 0 aliphatic carbocycles. The molecule has 19 heavy (non-hydrogen) atoms. The molecule has 0 saturated heterocycles. The average Bonchev–Trinajstić information content (AvgIpc) is 2.62. The second-order valence-electron chi connectivity index (χ2n) is 4.62. The molecular formula is C14H18ClN3O. The molecule has 1 unspecified atom stereocenters. The highest BCUT2D eigenvalue weighted by atomic mass is 35.5. The number of aryl methyl sites for hydroxylation is 2. The second kappa shape index (κ2) is 5.63. The van der Waals surface area contributed by atoms with Crippen molar-refractivity contribution in [2.24, 2.45) is 7.05 Å². The summed E-state index contributed by atoms with van der Waals surface area (Å²) in [5.74, 6) is 0. The van der Waals surface area contributed by atoms with E-state index in [4.69, 9.17) is 11.6 Å². The Bertz CT molecular complexity index is 563. The first-order valence-electron chi connectivity index (χ1n) is 6.16. The van der Waals surface area contributed by atoms with E-state index in [0.717, 1.165) is 22.6 Å². The summed E-state index contributed by atoms with van der Waals surface area (Å²) in [5, 5.41) is 18.4. The van der Waals surface area contributed by atoms with E-state index >= 15 is 0 Å². The number of nitrogens with zero attached hydrogens (tertiary/aromatic N) is 2. The molecule has 2 aromatic rings. The fraction of sp³-hybridized carbons (Fsp3) is 0.357. The summed E-state index contributed by atoms with van der Waals surface area (Å²) in [6.45, 7) is 4.38. The predicted octanol–water partition coefficient (Wildman–Crippen LogP) is 2.84. The third-order valence-electron chi connectivity index (χ3n) is 3.24. The van der Waals surface area contributed by atoms with Gasteiger partial charge in [-0.15, -0.1) is 0 Å². The number of rotatable bonds is 4. The number of aliphatic hydroxyl groups is 1. The normalized spacial score (nSPS) is 12.5. The minimum absolute atomic E-state index is 0.439. The molecule has 0 aliphatic rings. The van der Waals surface area contributed by atoms with E-state index in [1.807, 2.05) is 37.7 Å². The number of hydrogen-bond acceptors (Lipinski definition) is 3. The molecule has 0 bridgehead atoms. The molecule has 2 N–H and O–H groups in total. The van der Waals surface area contributed by atoms with Crippen LogP contribution in [0.5, 0.6) is 0 Å². The van der Waals surface area contributed by atoms with Gasteiger partial charge in [-0.05, 0) is 31.5 Å². The lowest BCUT2D eigenvalue weighted by Gasteiger charge is -2.13. The molecule has 0 amide bonds. The largest absolute Gasteiger partial charge is 0.387 e. The zero-order chi connectivity index (χ0) is 14.0. The standard InChI is InChI=1S/C14H18ClN3O/c1-9-14(10(2)18(3)17-9)16-8-13(19)11-4-6-12(15)7-5-11/h4-7,13,16,19H,8H2,1-3H3. The number of aromatic nitrogens is 2. The number of nitrogens with one attached hydrogen (secondary N) is 1. The zero-order valence-corrected chi connectivity index (χ0v) is 12.1. The summed E-state index contributed by atoms with van der Waals surface area (Å²) in [6, 6.07) is 7.22. The lowest BCUT2D eigenvalue weighted by atomic mass is 10.1. The lowest BCUT2D eigenvalue weighted by Crippen LogP contribution is -2.13. The third kappa shape index (κ3) is 3.08. The van der Waals surface area contributed by atoms with E-state index < -0.39 is 6.10 Å². The molecule has 0 aliphatic heterocycles. The minimum Gasteiger partial charge on any atom is -0.387 e. The second-order valence-corrected chi connectivity index (χ2v) is 5.05. The van der Waals surface area contributed by atoms with Gasteiger partial charge in [-0.3, -0.25) is 4.68 Å². The van der Waals surface area contributed by atoms with Crippen LogP contribution in [0.25, 0.3) is 0 Å². The molecule has 0 fully saturated rings. The van der Waals surface area contributed by atoms with Gasteiger partial charge >= 0.3 is 0 Å². The van der Waals surface area contributed by atoms with Crippen molar-refractivity contribution in [1.82, 2.24) is 9.78 Å². The quantitative estimate of drug-likeness (QED) is 0.905. The van der Waals surface area contributed by atoms with Crippen LogP contribution in [0, 0.1) is 13.8 Å². The molecule has 0 saturated carbocycles. The van der Waals surface area contributed by atoms with Gasteiger partial charge in [0.25, 0.3) is 0 Å². The van der Waals surface area contributed by atoms with Gasteiger partial charge in [0.05, 0.1) is 23.2 Å². The summed E-state index contributed by atoms with van der Waals surface area (Å²) >= 11 is 5.83. The summed E-state index contributed by atoms with van der Waals surface area (Å²) in [6.07, 6.45) is -0.573. The Morgan fingerprint density at radius 2 is 1.95 bits per heavy atom. The molecule has 1 atom stereocenters. The number of aliphatic hydroxyl groups excluding tert-OH is 1. The van der Waals surface area contributed by atoms with Crippen LogP contribution in [0.2, 0.25) is 5.02 Å². The first-order chi connectivity index (χ1) is 8.99. The van der Waals surface area contributed by atoms with Crippen LogP contribution >= 0.6 is 11.6 Å². The van der Waals surface area contributed by atoms with Crippen molar-refractivity contribution < 1.29 is 5.11 Å². The van der Waals surface area contributed by atoms with Gasteiger partial charge in [0.1, 0.15) is 0 Å². The van der Waals surface area contributed by atoms with Gasteiger partial charge in [-0.2, -0.15) is 5.10 Å². The molecule has 1 aromatic carbocycles. The van der Waals surface area contributed by atoms with Crippen molar-refractivity contribution in [3.8, 4) is 0 Å². The first-order valence-corrected chi connectivity index (χ1v) is 6.54. The van der Waals surface area contributed by atoms with E-state index in [-0.39, 0.29) is 0 Å². The Labute approximate surface area is 118 Å². The van der Waals surface area contributed by atoms with Crippen molar-refractivity contribution in [3.05, 3.63) is 46.2 Å². The maximum Gasteiger partial charge on any atom is 0.0962 e. The minimum atomic E-state index is -0.573. The van der Waals surface area contributed by atoms with Gasteiger partial charge in [-0.25, -0.2) is 0 Å². The fourth-order valence-corrected chi connectivity index (χ4v) is 2.16. The van der Waals surface area contributed by atoms with Crippen molar-refractivity contribution in [3.63, 3.8) is 0 Å². The zero-order valence-electron chi connectivity index (χ0n) is 11.3. The molecule has 1 heterocycles. The molecule has 4 nitrogen and oxygen atoms in total. The topological polar surface area (TPSA) is 50.1 Å². The van der Waals surface area contributed by atoms with Gasteiger partial charge in [0, 0.05) is 18.6 Å². The fourth-order valence-electron chi connectivity index (χ4n) is 2.03. The lowest BCUT2D eigenvalue weighted by molar-refractivity contribution is 0.191. The summed E-state index contributed by atoms with van der Waals surface area (Å²) in [7, 11) is 1.91. The number of halogens is 1. The molecule has 102 valence electrons. The molecule has 1 aromatic heterocycles. The Morgan fingerprint density at radius 3 is 2.47 bits per heavy atom. The highest BCUT2D eigenvalue weighted by molar-refractivity contribution is 6.30. The van der Waals surface area contributed by atoms with E-state index in [1.54, 1.807) is 12.1 Å². The van der Waals surface area contributed by atoms with E-state index in [1.165, 1.54) is 0 Å². The summed E-state index contributed by atoms with van der Waals surface area (Å²) < 4.78 is 1.83. The SMILES string of the molecule is Cc1nn(C)c(C)c1NCC(O)c1ccc(Cl)cc1. The van der Waals surface area contributed by atoms with Crippen LogP contribution in [0.4, 0.5) is 5.69 Å². The van der Waals surface area contributed by atoms with Crippen molar-refractivity contribution in [2.45, 2.75) is 20.0 Å². The van der Waals surface area contributed by atoms with Gasteiger partial charge < -0.3 is 10.4 Å². The number of benzene rings is 1. The first kappa shape index (κ1) is 13.9. The van der Waals surface area contributed by atoms with E-state index in [2.05, 4.69) is 10.4 Å². The van der Waals surface area contributed by atoms with Crippen LogP contribution < -0.4 is 5.32 Å². The maximum atomic E-state index is 10.1. The average molecular weight is 280 g/mol. The molecule has 0 spiro atoms. The third-order valence-corrected chi connectivity index (χ3v) is 3.49. The smallest absolute Gasteiger partial charge is 0.0962 e. The van der Waals surface area contributed by atoms with Crippen LogP contribution in [0.15, 0.2) is 24.3 Å². The van der Waals surface area contributed by atoms with Gasteiger partial charge in [0.2, 0.25) is 0 Å². The molecule has 2 rings (SSSR count). The Morgan fingerprint density at radius 1 is 1.32 bits per heavy atom. The van der Waals surface area contributed by atoms with Crippen molar-refractivity contribution in [2.75, 3.05) is 11.9 Å². The van der Waals surface area contributed by atoms with Gasteiger partial charge in [-0.1, -0.05) is 23.7 Å². The number of anilines is 1. The van der Waals surface area contributed by atoms with Crippen LogP contribution in [0.3, 0.4) is 0 Å². The molecule has 5 heteroatoms. The maximum absolute atomic E-state index is 10.1. The Kier molecular flexibility index (Phi) is 4.12. The highest BCUT2D eigenvalue weighted by Gasteiger charge is 2.12. The van der Waals surface area contributed by atoms with E-state index in [9.17, 15) is 5.11 Å². The highest BCUT2D eigenvalue weighted by Crippen LogP contribution is 2.21. The van der Waals surface area contributed by atoms with Gasteiger partial charge in [0.15, 0.2) is 0 Å². The molecule has 0 radical (unpaired) electrons. The van der Waals surface area contributed by atoms with Crippen LogP contribution in [-0.4, -0.2) is 21.4 Å². The van der Waals surface area contributed by atoms with E-state index in [0.29, 0.717) is 11.6 Å². The van der Waals surface area contributed by atoms with Crippen LogP contribution in [0.1, 0.15) is 23.1 Å². The number of hydrogen-bond donors (Lipinski definition) is 2. The Balaban J connectivity index is 2.04. The predicted molar refractivity (Wildman–Crippen MR) is 77.6 cm³/mol. The molecular weight excluding hydrogens is 262 g/mol. The summed E-state index contributed by atoms with van der Waals surface area (Å²) in [4.78, 5) is 0. The van der Waals surface area contributed by atoms with Crippen molar-refractivity contribution in [1.29, 1.82) is 0 Å². The monoisotopic (exact) mass is 279 g/mol. The van der Waals surface area contributed by atoms with Crippen molar-refractivity contribution >= 4 is 17.3 Å². The van der Waals surface area contributed by atoms with Crippen LogP contribution in [-0.2, 0) is 7.05 Å².